The highest BCUT2D eigenvalue weighted by Crippen LogP contribution is 2.10. The van der Waals surface area contributed by atoms with E-state index in [1.165, 1.54) is 12.8 Å². The van der Waals surface area contributed by atoms with Crippen molar-refractivity contribution in [2.75, 3.05) is 19.6 Å². The Balaban J connectivity index is 0.00000208. The average Bonchev–Trinajstić information content (AvgIpc) is 3.09. The summed E-state index contributed by atoms with van der Waals surface area (Å²) in [7, 11) is 0. The molecule has 1 unspecified atom stereocenters. The zero-order chi connectivity index (χ0) is 15.9. The number of hydrogen-bond acceptors (Lipinski definition) is 3. The number of hydrogen-bond donors (Lipinski definition) is 2. The highest BCUT2D eigenvalue weighted by molar-refractivity contribution is 5.85. The van der Waals surface area contributed by atoms with Crippen molar-refractivity contribution in [1.82, 2.24) is 20.4 Å². The second-order valence-electron chi connectivity index (χ2n) is 6.15. The Labute approximate surface area is 149 Å². The maximum absolute atomic E-state index is 12.0. The van der Waals surface area contributed by atoms with Gasteiger partial charge in [-0.25, -0.2) is 4.68 Å². The van der Waals surface area contributed by atoms with Gasteiger partial charge < -0.3 is 10.6 Å². The van der Waals surface area contributed by atoms with E-state index in [4.69, 9.17) is 0 Å². The molecule has 2 aromatic rings. The molecular formula is C18H25ClN4O. The fourth-order valence-corrected chi connectivity index (χ4v) is 2.91. The molecule has 1 amide bonds. The summed E-state index contributed by atoms with van der Waals surface area (Å²) >= 11 is 0. The molecule has 3 rings (SSSR count). The summed E-state index contributed by atoms with van der Waals surface area (Å²) in [6.07, 6.45) is 7.48. The van der Waals surface area contributed by atoms with Gasteiger partial charge in [0.25, 0.3) is 0 Å². The first kappa shape index (κ1) is 18.5. The lowest BCUT2D eigenvalue weighted by molar-refractivity contribution is -0.121. The predicted octanol–water partition coefficient (Wildman–Crippen LogP) is 2.34. The Kier molecular flexibility index (Phi) is 7.28. The molecule has 5 nitrogen and oxygen atoms in total. The molecule has 0 aliphatic carbocycles. The van der Waals surface area contributed by atoms with E-state index in [9.17, 15) is 4.79 Å². The number of para-hydroxylation sites is 1. The third-order valence-corrected chi connectivity index (χ3v) is 4.28. The zero-order valence-electron chi connectivity index (χ0n) is 13.8. The standard InChI is InChI=1S/C18H24N4O.ClH/c23-18(20-12-15-5-4-10-19-11-15)9-8-16-13-21-22(14-16)17-6-2-1-3-7-17;/h1-3,6-7,13-15,19H,4-5,8-12H2,(H,20,23);1H. The first-order chi connectivity index (χ1) is 11.3. The van der Waals surface area contributed by atoms with E-state index in [-0.39, 0.29) is 18.3 Å². The van der Waals surface area contributed by atoms with Gasteiger partial charge in [0.05, 0.1) is 11.9 Å². The van der Waals surface area contributed by atoms with Crippen molar-refractivity contribution < 1.29 is 4.79 Å². The Hall–Kier alpha value is -1.85. The van der Waals surface area contributed by atoms with Crippen LogP contribution in [0, 0.1) is 5.92 Å². The smallest absolute Gasteiger partial charge is 0.220 e. The van der Waals surface area contributed by atoms with Crippen molar-refractivity contribution in [3.63, 3.8) is 0 Å². The summed E-state index contributed by atoms with van der Waals surface area (Å²) in [5.41, 5.74) is 2.12. The van der Waals surface area contributed by atoms with Crippen LogP contribution in [-0.4, -0.2) is 35.3 Å². The highest BCUT2D eigenvalue weighted by atomic mass is 35.5. The molecule has 0 radical (unpaired) electrons. The summed E-state index contributed by atoms with van der Waals surface area (Å²) in [5.74, 6) is 0.705. The largest absolute Gasteiger partial charge is 0.356 e. The monoisotopic (exact) mass is 348 g/mol. The van der Waals surface area contributed by atoms with Crippen LogP contribution in [0.4, 0.5) is 0 Å². The van der Waals surface area contributed by atoms with Gasteiger partial charge in [-0.1, -0.05) is 18.2 Å². The van der Waals surface area contributed by atoms with Crippen LogP contribution in [0.3, 0.4) is 0 Å². The molecule has 1 aromatic heterocycles. The van der Waals surface area contributed by atoms with E-state index in [0.29, 0.717) is 12.3 Å². The van der Waals surface area contributed by atoms with E-state index in [1.54, 1.807) is 0 Å². The van der Waals surface area contributed by atoms with Crippen molar-refractivity contribution in [1.29, 1.82) is 0 Å². The van der Waals surface area contributed by atoms with Crippen LogP contribution in [0.1, 0.15) is 24.8 Å². The zero-order valence-corrected chi connectivity index (χ0v) is 14.6. The first-order valence-electron chi connectivity index (χ1n) is 8.37. The lowest BCUT2D eigenvalue weighted by Crippen LogP contribution is -2.38. The summed E-state index contributed by atoms with van der Waals surface area (Å²) in [6, 6.07) is 10.00. The molecular weight excluding hydrogens is 324 g/mol. The minimum Gasteiger partial charge on any atom is -0.356 e. The average molecular weight is 349 g/mol. The molecule has 0 spiro atoms. The fraction of sp³-hybridized carbons (Fsp3) is 0.444. The van der Waals surface area contributed by atoms with Crippen molar-refractivity contribution in [2.24, 2.45) is 5.92 Å². The number of aryl methyl sites for hydroxylation is 1. The molecule has 1 saturated heterocycles. The molecule has 0 bridgehead atoms. The van der Waals surface area contributed by atoms with Gasteiger partial charge in [0.1, 0.15) is 0 Å². The quantitative estimate of drug-likeness (QED) is 0.842. The van der Waals surface area contributed by atoms with E-state index in [2.05, 4.69) is 15.7 Å². The van der Waals surface area contributed by atoms with Crippen LogP contribution in [-0.2, 0) is 11.2 Å². The van der Waals surface area contributed by atoms with Gasteiger partial charge in [0, 0.05) is 19.2 Å². The first-order valence-corrected chi connectivity index (χ1v) is 8.37. The van der Waals surface area contributed by atoms with Crippen LogP contribution in [0.15, 0.2) is 42.7 Å². The van der Waals surface area contributed by atoms with Gasteiger partial charge in [-0.15, -0.1) is 12.4 Å². The second kappa shape index (κ2) is 9.45. The minimum atomic E-state index is 0. The topological polar surface area (TPSA) is 59.0 Å². The van der Waals surface area contributed by atoms with E-state index >= 15 is 0 Å². The van der Waals surface area contributed by atoms with Crippen molar-refractivity contribution in [3.05, 3.63) is 48.3 Å². The maximum atomic E-state index is 12.0. The predicted molar refractivity (Wildman–Crippen MR) is 97.7 cm³/mol. The normalized spacial score (nSPS) is 17.1. The molecule has 1 aliphatic heterocycles. The Morgan fingerprint density at radius 3 is 2.92 bits per heavy atom. The van der Waals surface area contributed by atoms with Crippen molar-refractivity contribution >= 4 is 18.3 Å². The van der Waals surface area contributed by atoms with Crippen LogP contribution in [0.25, 0.3) is 5.69 Å². The van der Waals surface area contributed by atoms with Crippen molar-refractivity contribution in [2.45, 2.75) is 25.7 Å². The van der Waals surface area contributed by atoms with Crippen LogP contribution in [0.2, 0.25) is 0 Å². The van der Waals surface area contributed by atoms with Crippen LogP contribution < -0.4 is 10.6 Å². The maximum Gasteiger partial charge on any atom is 0.220 e. The molecule has 6 heteroatoms. The Bertz CT molecular complexity index is 623. The molecule has 2 N–H and O–H groups in total. The molecule has 24 heavy (non-hydrogen) atoms. The molecule has 2 heterocycles. The number of nitrogens with one attached hydrogen (secondary N) is 2. The molecule has 130 valence electrons. The van der Waals surface area contributed by atoms with Gasteiger partial charge in [0.2, 0.25) is 5.91 Å². The number of carbonyl (C=O) groups excluding carboxylic acids is 1. The second-order valence-corrected chi connectivity index (χ2v) is 6.15. The lowest BCUT2D eigenvalue weighted by Gasteiger charge is -2.22. The van der Waals surface area contributed by atoms with Crippen molar-refractivity contribution in [3.8, 4) is 5.69 Å². The summed E-state index contributed by atoms with van der Waals surface area (Å²) < 4.78 is 1.85. The lowest BCUT2D eigenvalue weighted by atomic mass is 10.00. The van der Waals surface area contributed by atoms with E-state index in [1.807, 2.05) is 47.4 Å². The third kappa shape index (κ3) is 5.35. The van der Waals surface area contributed by atoms with E-state index < -0.39 is 0 Å². The number of amides is 1. The third-order valence-electron chi connectivity index (χ3n) is 4.28. The van der Waals surface area contributed by atoms with Gasteiger partial charge in [-0.3, -0.25) is 4.79 Å². The van der Waals surface area contributed by atoms with Gasteiger partial charge in [-0.05, 0) is 56.0 Å². The summed E-state index contributed by atoms with van der Waals surface area (Å²) in [5, 5.41) is 10.8. The molecule has 1 atom stereocenters. The summed E-state index contributed by atoms with van der Waals surface area (Å²) in [6.45, 7) is 2.91. The number of nitrogens with zero attached hydrogens (tertiary/aromatic N) is 2. The number of piperidine rings is 1. The SMILES string of the molecule is Cl.O=C(CCc1cnn(-c2ccccc2)c1)NCC1CCCNC1. The number of carbonyl (C=O) groups is 1. The van der Waals surface area contributed by atoms with Gasteiger partial charge >= 0.3 is 0 Å². The highest BCUT2D eigenvalue weighted by Gasteiger charge is 2.13. The number of rotatable bonds is 6. The molecule has 1 fully saturated rings. The molecule has 1 aromatic carbocycles. The Morgan fingerprint density at radius 1 is 1.33 bits per heavy atom. The van der Waals surface area contributed by atoms with E-state index in [0.717, 1.165) is 37.3 Å². The minimum absolute atomic E-state index is 0. The number of halogens is 1. The van der Waals surface area contributed by atoms with Crippen LogP contribution >= 0.6 is 12.4 Å². The molecule has 1 aliphatic rings. The van der Waals surface area contributed by atoms with Gasteiger partial charge in [0.15, 0.2) is 0 Å². The summed E-state index contributed by atoms with van der Waals surface area (Å²) in [4.78, 5) is 12.0. The number of aromatic nitrogens is 2. The number of benzene rings is 1. The fourth-order valence-electron chi connectivity index (χ4n) is 2.91. The van der Waals surface area contributed by atoms with Gasteiger partial charge in [-0.2, -0.15) is 5.10 Å². The Morgan fingerprint density at radius 2 is 2.17 bits per heavy atom. The van der Waals surface area contributed by atoms with Crippen LogP contribution in [0.5, 0.6) is 0 Å². The molecule has 0 saturated carbocycles.